The van der Waals surface area contributed by atoms with Gasteiger partial charge in [0, 0.05) is 19.6 Å². The highest BCUT2D eigenvalue weighted by Crippen LogP contribution is 2.15. The zero-order valence-corrected chi connectivity index (χ0v) is 9.00. The predicted molar refractivity (Wildman–Crippen MR) is 57.2 cm³/mol. The van der Waals surface area contributed by atoms with Gasteiger partial charge in [-0.1, -0.05) is 19.4 Å². The standard InChI is InChI=1S/C12H20O2/c1-2-3-4-12(13)6-5-11-7-9-14-10-8-11/h5-6,11H,2-4,7-10H2,1H3. The van der Waals surface area contributed by atoms with Crippen molar-refractivity contribution < 1.29 is 9.53 Å². The zero-order chi connectivity index (χ0) is 10.2. The van der Waals surface area contributed by atoms with Crippen molar-refractivity contribution >= 4 is 5.78 Å². The molecule has 0 atom stereocenters. The summed E-state index contributed by atoms with van der Waals surface area (Å²) in [5.74, 6) is 0.840. The summed E-state index contributed by atoms with van der Waals surface area (Å²) in [6.45, 7) is 3.80. The van der Waals surface area contributed by atoms with Gasteiger partial charge >= 0.3 is 0 Å². The third-order valence-corrected chi connectivity index (χ3v) is 2.60. The van der Waals surface area contributed by atoms with Gasteiger partial charge in [0.1, 0.15) is 0 Å². The lowest BCUT2D eigenvalue weighted by Crippen LogP contribution is -2.13. The van der Waals surface area contributed by atoms with Crippen LogP contribution < -0.4 is 0 Å². The molecule has 1 heterocycles. The van der Waals surface area contributed by atoms with Gasteiger partial charge in [0.15, 0.2) is 5.78 Å². The van der Waals surface area contributed by atoms with E-state index in [9.17, 15) is 4.79 Å². The average molecular weight is 196 g/mol. The highest BCUT2D eigenvalue weighted by atomic mass is 16.5. The summed E-state index contributed by atoms with van der Waals surface area (Å²) in [5, 5.41) is 0. The summed E-state index contributed by atoms with van der Waals surface area (Å²) in [4.78, 5) is 11.3. The summed E-state index contributed by atoms with van der Waals surface area (Å²) in [6.07, 6.45) is 8.78. The Kier molecular flexibility index (Phi) is 5.53. The molecule has 1 fully saturated rings. The minimum absolute atomic E-state index is 0.276. The van der Waals surface area contributed by atoms with E-state index in [0.717, 1.165) is 38.9 Å². The maximum absolute atomic E-state index is 11.3. The minimum atomic E-state index is 0.276. The lowest BCUT2D eigenvalue weighted by Gasteiger charge is -2.18. The van der Waals surface area contributed by atoms with Gasteiger partial charge in [0.25, 0.3) is 0 Å². The van der Waals surface area contributed by atoms with Crippen LogP contribution in [-0.2, 0) is 9.53 Å². The van der Waals surface area contributed by atoms with Crippen LogP contribution in [0.25, 0.3) is 0 Å². The molecular weight excluding hydrogens is 176 g/mol. The van der Waals surface area contributed by atoms with Gasteiger partial charge in [-0.25, -0.2) is 0 Å². The van der Waals surface area contributed by atoms with Crippen LogP contribution in [0.15, 0.2) is 12.2 Å². The molecule has 0 aromatic heterocycles. The van der Waals surface area contributed by atoms with Crippen LogP contribution in [0.4, 0.5) is 0 Å². The van der Waals surface area contributed by atoms with Crippen molar-refractivity contribution in [1.29, 1.82) is 0 Å². The number of carbonyl (C=O) groups excluding carboxylic acids is 1. The summed E-state index contributed by atoms with van der Waals surface area (Å²) < 4.78 is 5.25. The van der Waals surface area contributed by atoms with Crippen molar-refractivity contribution in [2.75, 3.05) is 13.2 Å². The number of allylic oxidation sites excluding steroid dienone is 2. The molecule has 0 N–H and O–H groups in total. The van der Waals surface area contributed by atoms with Crippen LogP contribution in [0, 0.1) is 5.92 Å². The molecule has 0 aromatic carbocycles. The van der Waals surface area contributed by atoms with Gasteiger partial charge in [-0.15, -0.1) is 0 Å². The molecule has 1 saturated heterocycles. The Bertz CT molecular complexity index is 190. The largest absolute Gasteiger partial charge is 0.381 e. The Morgan fingerprint density at radius 3 is 2.79 bits per heavy atom. The fourth-order valence-electron chi connectivity index (χ4n) is 1.59. The number of carbonyl (C=O) groups is 1. The van der Waals surface area contributed by atoms with E-state index in [4.69, 9.17) is 4.74 Å². The molecular formula is C12H20O2. The summed E-state index contributed by atoms with van der Waals surface area (Å²) >= 11 is 0. The van der Waals surface area contributed by atoms with E-state index in [1.54, 1.807) is 6.08 Å². The van der Waals surface area contributed by atoms with Crippen molar-refractivity contribution in [3.05, 3.63) is 12.2 Å². The smallest absolute Gasteiger partial charge is 0.155 e. The molecule has 1 aliphatic heterocycles. The molecule has 0 aromatic rings. The van der Waals surface area contributed by atoms with Crippen LogP contribution in [-0.4, -0.2) is 19.0 Å². The van der Waals surface area contributed by atoms with Crippen LogP contribution in [0.2, 0.25) is 0 Å². The molecule has 0 radical (unpaired) electrons. The second-order valence-corrected chi connectivity index (χ2v) is 3.88. The number of ether oxygens (including phenoxy) is 1. The Balaban J connectivity index is 2.20. The lowest BCUT2D eigenvalue weighted by molar-refractivity contribution is -0.114. The molecule has 80 valence electrons. The SMILES string of the molecule is CCCCC(=O)C=CC1CCOCC1. The second-order valence-electron chi connectivity index (χ2n) is 3.88. The fourth-order valence-corrected chi connectivity index (χ4v) is 1.59. The molecule has 1 rings (SSSR count). The quantitative estimate of drug-likeness (QED) is 0.632. The Labute approximate surface area is 86.3 Å². The molecule has 0 saturated carbocycles. The van der Waals surface area contributed by atoms with E-state index in [1.165, 1.54) is 0 Å². The topological polar surface area (TPSA) is 26.3 Å². The molecule has 1 aliphatic rings. The maximum atomic E-state index is 11.3. The lowest BCUT2D eigenvalue weighted by atomic mass is 9.99. The molecule has 2 nitrogen and oxygen atoms in total. The van der Waals surface area contributed by atoms with Crippen LogP contribution >= 0.6 is 0 Å². The first-order valence-electron chi connectivity index (χ1n) is 5.61. The maximum Gasteiger partial charge on any atom is 0.155 e. The van der Waals surface area contributed by atoms with Crippen molar-refractivity contribution in [2.45, 2.75) is 39.0 Å². The number of hydrogen-bond donors (Lipinski definition) is 0. The molecule has 0 unspecified atom stereocenters. The van der Waals surface area contributed by atoms with Gasteiger partial charge in [-0.05, 0) is 31.3 Å². The first kappa shape index (κ1) is 11.4. The van der Waals surface area contributed by atoms with Crippen LogP contribution in [0.5, 0.6) is 0 Å². The monoisotopic (exact) mass is 196 g/mol. The van der Waals surface area contributed by atoms with Crippen molar-refractivity contribution in [3.8, 4) is 0 Å². The first-order chi connectivity index (χ1) is 6.83. The van der Waals surface area contributed by atoms with Gasteiger partial charge in [0.2, 0.25) is 0 Å². The van der Waals surface area contributed by atoms with Crippen LogP contribution in [0.1, 0.15) is 39.0 Å². The highest BCUT2D eigenvalue weighted by molar-refractivity contribution is 5.89. The Morgan fingerprint density at radius 2 is 2.14 bits per heavy atom. The van der Waals surface area contributed by atoms with Crippen molar-refractivity contribution in [2.24, 2.45) is 5.92 Å². The molecule has 0 spiro atoms. The van der Waals surface area contributed by atoms with Gasteiger partial charge < -0.3 is 4.74 Å². The molecule has 14 heavy (non-hydrogen) atoms. The second kappa shape index (κ2) is 6.77. The molecule has 0 aliphatic carbocycles. The first-order valence-corrected chi connectivity index (χ1v) is 5.61. The van der Waals surface area contributed by atoms with E-state index in [0.29, 0.717) is 12.3 Å². The van der Waals surface area contributed by atoms with E-state index in [1.807, 2.05) is 0 Å². The van der Waals surface area contributed by atoms with E-state index in [2.05, 4.69) is 13.0 Å². The fraction of sp³-hybridized carbons (Fsp3) is 0.750. The third-order valence-electron chi connectivity index (χ3n) is 2.60. The number of hydrogen-bond acceptors (Lipinski definition) is 2. The third kappa shape index (κ3) is 4.56. The number of ketones is 1. The average Bonchev–Trinajstić information content (AvgIpc) is 2.25. The molecule has 0 amide bonds. The summed E-state index contributed by atoms with van der Waals surface area (Å²) in [5.41, 5.74) is 0. The Hall–Kier alpha value is -0.630. The molecule has 2 heteroatoms. The Morgan fingerprint density at radius 1 is 1.43 bits per heavy atom. The summed E-state index contributed by atoms with van der Waals surface area (Å²) in [6, 6.07) is 0. The zero-order valence-electron chi connectivity index (χ0n) is 9.00. The predicted octanol–water partition coefficient (Wildman–Crippen LogP) is 2.73. The van der Waals surface area contributed by atoms with Crippen molar-refractivity contribution in [1.82, 2.24) is 0 Å². The van der Waals surface area contributed by atoms with Crippen LogP contribution in [0.3, 0.4) is 0 Å². The molecule has 0 bridgehead atoms. The number of unbranched alkanes of at least 4 members (excludes halogenated alkanes) is 1. The van der Waals surface area contributed by atoms with Gasteiger partial charge in [0.05, 0.1) is 0 Å². The number of rotatable bonds is 5. The van der Waals surface area contributed by atoms with Gasteiger partial charge in [-0.2, -0.15) is 0 Å². The summed E-state index contributed by atoms with van der Waals surface area (Å²) in [7, 11) is 0. The van der Waals surface area contributed by atoms with Crippen molar-refractivity contribution in [3.63, 3.8) is 0 Å². The highest BCUT2D eigenvalue weighted by Gasteiger charge is 2.10. The van der Waals surface area contributed by atoms with Gasteiger partial charge in [-0.3, -0.25) is 4.79 Å². The normalized spacial score (nSPS) is 18.9. The van der Waals surface area contributed by atoms with E-state index >= 15 is 0 Å². The van der Waals surface area contributed by atoms with E-state index in [-0.39, 0.29) is 5.78 Å². The minimum Gasteiger partial charge on any atom is -0.381 e. The van der Waals surface area contributed by atoms with E-state index < -0.39 is 0 Å².